The molecule has 1 aliphatic heterocycles. The zero-order valence-electron chi connectivity index (χ0n) is 13.0. The van der Waals surface area contributed by atoms with Gasteiger partial charge >= 0.3 is 6.09 Å². The smallest absolute Gasteiger partial charge is 0.409 e. The van der Waals surface area contributed by atoms with E-state index in [1.54, 1.807) is 24.2 Å². The van der Waals surface area contributed by atoms with Crippen LogP contribution in [0.5, 0.6) is 0 Å². The summed E-state index contributed by atoms with van der Waals surface area (Å²) in [5, 5.41) is 3.04. The molecular formula is C16H23N3O3. The molecule has 1 saturated heterocycles. The predicted molar refractivity (Wildman–Crippen MR) is 82.3 cm³/mol. The summed E-state index contributed by atoms with van der Waals surface area (Å²) < 4.78 is 4.98. The highest BCUT2D eigenvalue weighted by molar-refractivity contribution is 5.76. The van der Waals surface area contributed by atoms with Crippen LogP contribution in [0.4, 0.5) is 4.79 Å². The van der Waals surface area contributed by atoms with Gasteiger partial charge in [0.15, 0.2) is 0 Å². The van der Waals surface area contributed by atoms with E-state index in [1.165, 1.54) is 0 Å². The third-order valence-electron chi connectivity index (χ3n) is 3.75. The van der Waals surface area contributed by atoms with Crippen LogP contribution >= 0.6 is 0 Å². The molecule has 1 aliphatic rings. The Hall–Kier alpha value is -2.11. The Labute approximate surface area is 130 Å². The number of amides is 2. The van der Waals surface area contributed by atoms with Crippen LogP contribution in [-0.4, -0.2) is 47.6 Å². The normalized spacial score (nSPS) is 15.4. The van der Waals surface area contributed by atoms with Crippen molar-refractivity contribution in [3.05, 3.63) is 30.1 Å². The first-order valence-electron chi connectivity index (χ1n) is 7.79. The molecular weight excluding hydrogens is 282 g/mol. The molecule has 1 fully saturated rings. The number of carbonyl (C=O) groups is 2. The highest BCUT2D eigenvalue weighted by Gasteiger charge is 2.24. The molecule has 0 aliphatic carbocycles. The number of rotatable bonds is 5. The van der Waals surface area contributed by atoms with E-state index < -0.39 is 0 Å². The van der Waals surface area contributed by atoms with Crippen LogP contribution in [0.2, 0.25) is 0 Å². The van der Waals surface area contributed by atoms with Crippen molar-refractivity contribution >= 4 is 12.0 Å². The van der Waals surface area contributed by atoms with Crippen molar-refractivity contribution < 1.29 is 14.3 Å². The van der Waals surface area contributed by atoms with E-state index in [1.807, 2.05) is 12.1 Å². The molecule has 1 N–H and O–H groups in total. The first-order valence-corrected chi connectivity index (χ1v) is 7.79. The third kappa shape index (κ3) is 5.02. The van der Waals surface area contributed by atoms with Crippen molar-refractivity contribution in [1.82, 2.24) is 15.2 Å². The monoisotopic (exact) mass is 305 g/mol. The number of aromatic nitrogens is 1. The van der Waals surface area contributed by atoms with Crippen LogP contribution in [0.3, 0.4) is 0 Å². The van der Waals surface area contributed by atoms with Crippen molar-refractivity contribution in [2.45, 2.75) is 38.6 Å². The Morgan fingerprint density at radius 3 is 2.82 bits per heavy atom. The number of likely N-dealkylation sites (tertiary alicyclic amines) is 1. The molecule has 6 nitrogen and oxygen atoms in total. The first-order chi connectivity index (χ1) is 10.7. The van der Waals surface area contributed by atoms with Gasteiger partial charge in [0, 0.05) is 37.9 Å². The molecule has 1 aromatic heterocycles. The fourth-order valence-corrected chi connectivity index (χ4v) is 2.52. The Balaban J connectivity index is 1.67. The van der Waals surface area contributed by atoms with Crippen LogP contribution in [-0.2, 0) is 16.0 Å². The zero-order valence-corrected chi connectivity index (χ0v) is 13.0. The molecule has 22 heavy (non-hydrogen) atoms. The second-order valence-electron chi connectivity index (χ2n) is 5.39. The molecule has 0 atom stereocenters. The van der Waals surface area contributed by atoms with E-state index in [9.17, 15) is 9.59 Å². The summed E-state index contributed by atoms with van der Waals surface area (Å²) in [6.07, 6.45) is 5.95. The molecule has 0 radical (unpaired) electrons. The van der Waals surface area contributed by atoms with Gasteiger partial charge in [0.2, 0.25) is 5.91 Å². The Morgan fingerprint density at radius 2 is 2.18 bits per heavy atom. The lowest BCUT2D eigenvalue weighted by atomic mass is 10.0. The van der Waals surface area contributed by atoms with Gasteiger partial charge in [0.25, 0.3) is 0 Å². The average Bonchev–Trinajstić information content (AvgIpc) is 2.55. The van der Waals surface area contributed by atoms with Gasteiger partial charge in [-0.3, -0.25) is 9.78 Å². The van der Waals surface area contributed by atoms with Gasteiger partial charge in [-0.2, -0.15) is 0 Å². The Morgan fingerprint density at radius 1 is 1.41 bits per heavy atom. The molecule has 0 saturated carbocycles. The summed E-state index contributed by atoms with van der Waals surface area (Å²) in [7, 11) is 0. The molecule has 0 aromatic carbocycles. The van der Waals surface area contributed by atoms with Crippen LogP contribution in [0, 0.1) is 0 Å². The van der Waals surface area contributed by atoms with Crippen molar-refractivity contribution in [1.29, 1.82) is 0 Å². The molecule has 0 bridgehead atoms. The minimum atomic E-state index is -0.260. The summed E-state index contributed by atoms with van der Waals surface area (Å²) >= 11 is 0. The Kier molecular flexibility index (Phi) is 6.18. The van der Waals surface area contributed by atoms with E-state index in [4.69, 9.17) is 4.74 Å². The quantitative estimate of drug-likeness (QED) is 0.899. The molecule has 0 unspecified atom stereocenters. The fraction of sp³-hybridized carbons (Fsp3) is 0.562. The van der Waals surface area contributed by atoms with E-state index >= 15 is 0 Å². The topological polar surface area (TPSA) is 71.5 Å². The lowest BCUT2D eigenvalue weighted by molar-refractivity contribution is -0.122. The van der Waals surface area contributed by atoms with Crippen molar-refractivity contribution in [2.75, 3.05) is 19.7 Å². The number of hydrogen-bond acceptors (Lipinski definition) is 4. The molecule has 6 heteroatoms. The van der Waals surface area contributed by atoms with Gasteiger partial charge in [0.05, 0.1) is 6.61 Å². The van der Waals surface area contributed by atoms with Crippen molar-refractivity contribution in [2.24, 2.45) is 0 Å². The molecule has 120 valence electrons. The fourth-order valence-electron chi connectivity index (χ4n) is 2.52. The maximum atomic E-state index is 12.0. The van der Waals surface area contributed by atoms with E-state index in [2.05, 4.69) is 10.3 Å². The summed E-state index contributed by atoms with van der Waals surface area (Å²) in [5.41, 5.74) is 1.06. The summed E-state index contributed by atoms with van der Waals surface area (Å²) in [6.45, 7) is 3.45. The lowest BCUT2D eigenvalue weighted by Gasteiger charge is -2.31. The van der Waals surface area contributed by atoms with Crippen LogP contribution in [0.15, 0.2) is 24.5 Å². The van der Waals surface area contributed by atoms with Crippen LogP contribution < -0.4 is 5.32 Å². The van der Waals surface area contributed by atoms with Gasteiger partial charge in [-0.1, -0.05) is 6.07 Å². The zero-order chi connectivity index (χ0) is 15.8. The van der Waals surface area contributed by atoms with Gasteiger partial charge in [-0.25, -0.2) is 4.79 Å². The molecule has 0 spiro atoms. The highest BCUT2D eigenvalue weighted by atomic mass is 16.6. The minimum Gasteiger partial charge on any atom is -0.450 e. The molecule has 2 heterocycles. The second-order valence-corrected chi connectivity index (χ2v) is 5.39. The number of carbonyl (C=O) groups excluding carboxylic acids is 2. The number of hydrogen-bond donors (Lipinski definition) is 1. The van der Waals surface area contributed by atoms with Crippen molar-refractivity contribution in [3.8, 4) is 0 Å². The van der Waals surface area contributed by atoms with Gasteiger partial charge < -0.3 is 15.0 Å². The van der Waals surface area contributed by atoms with E-state index in [0.717, 1.165) is 18.4 Å². The maximum Gasteiger partial charge on any atom is 0.409 e. The SMILES string of the molecule is CCOC(=O)N1CCC(NC(=O)CCc2cccnc2)CC1. The highest BCUT2D eigenvalue weighted by Crippen LogP contribution is 2.12. The molecule has 2 rings (SSSR count). The number of nitrogens with zero attached hydrogens (tertiary/aromatic N) is 2. The van der Waals surface area contributed by atoms with Crippen LogP contribution in [0.25, 0.3) is 0 Å². The Bertz CT molecular complexity index is 485. The first kappa shape index (κ1) is 16.3. The number of nitrogens with one attached hydrogen (secondary N) is 1. The molecule has 1 aromatic rings. The standard InChI is InChI=1S/C16H23N3O3/c1-2-22-16(21)19-10-7-14(8-11-19)18-15(20)6-5-13-4-3-9-17-12-13/h3-4,9,12,14H,2,5-8,10-11H2,1H3,(H,18,20). The van der Waals surface area contributed by atoms with E-state index in [0.29, 0.717) is 32.5 Å². The average molecular weight is 305 g/mol. The van der Waals surface area contributed by atoms with Crippen LogP contribution in [0.1, 0.15) is 31.7 Å². The lowest BCUT2D eigenvalue weighted by Crippen LogP contribution is -2.46. The second kappa shape index (κ2) is 8.36. The van der Waals surface area contributed by atoms with Gasteiger partial charge in [-0.05, 0) is 37.8 Å². The van der Waals surface area contributed by atoms with Crippen molar-refractivity contribution in [3.63, 3.8) is 0 Å². The number of piperidine rings is 1. The third-order valence-corrected chi connectivity index (χ3v) is 3.75. The summed E-state index contributed by atoms with van der Waals surface area (Å²) in [4.78, 5) is 29.3. The summed E-state index contributed by atoms with van der Waals surface area (Å²) in [5.74, 6) is 0.0541. The maximum absolute atomic E-state index is 12.0. The number of aryl methyl sites for hydroxylation is 1. The molecule has 2 amide bonds. The predicted octanol–water partition coefficient (Wildman–Crippen LogP) is 1.75. The van der Waals surface area contributed by atoms with E-state index in [-0.39, 0.29) is 18.0 Å². The summed E-state index contributed by atoms with van der Waals surface area (Å²) in [6, 6.07) is 3.99. The minimum absolute atomic E-state index is 0.0541. The number of pyridine rings is 1. The number of ether oxygens (including phenoxy) is 1. The van der Waals surface area contributed by atoms with Gasteiger partial charge in [-0.15, -0.1) is 0 Å². The largest absolute Gasteiger partial charge is 0.450 e. The van der Waals surface area contributed by atoms with Gasteiger partial charge in [0.1, 0.15) is 0 Å².